The van der Waals surface area contributed by atoms with Gasteiger partial charge in [-0.1, -0.05) is 6.92 Å². The molecule has 0 N–H and O–H groups in total. The van der Waals surface area contributed by atoms with Crippen LogP contribution in [0.1, 0.15) is 30.1 Å². The Morgan fingerprint density at radius 3 is 2.88 bits per heavy atom. The first kappa shape index (κ1) is 14.3. The molecule has 1 atom stereocenters. The van der Waals surface area contributed by atoms with Crippen molar-refractivity contribution in [3.05, 3.63) is 16.1 Å². The predicted octanol–water partition coefficient (Wildman–Crippen LogP) is 3.63. The predicted molar refractivity (Wildman–Crippen MR) is 75.7 cm³/mol. The zero-order valence-corrected chi connectivity index (χ0v) is 12.5. The minimum absolute atomic E-state index is 0.439. The van der Waals surface area contributed by atoms with Crippen molar-refractivity contribution < 1.29 is 0 Å². The highest BCUT2D eigenvalue weighted by Crippen LogP contribution is 2.26. The third-order valence-electron chi connectivity index (χ3n) is 2.56. The molecule has 0 radical (unpaired) electrons. The molecular formula is C11H19ClN2S2. The molecule has 1 aromatic heterocycles. The number of alkyl halides is 1. The molecule has 0 saturated heterocycles. The number of thiazole rings is 1. The van der Waals surface area contributed by atoms with E-state index in [0.29, 0.717) is 11.9 Å². The monoisotopic (exact) mass is 278 g/mol. The van der Waals surface area contributed by atoms with Crippen LogP contribution in [0.5, 0.6) is 0 Å². The average molecular weight is 279 g/mol. The molecule has 16 heavy (non-hydrogen) atoms. The molecule has 1 aromatic rings. The summed E-state index contributed by atoms with van der Waals surface area (Å²) in [4.78, 5) is 6.95. The molecule has 1 rings (SSSR count). The second-order valence-electron chi connectivity index (χ2n) is 3.71. The van der Waals surface area contributed by atoms with Crippen molar-refractivity contribution in [1.82, 2.24) is 9.88 Å². The van der Waals surface area contributed by atoms with Crippen LogP contribution < -0.4 is 0 Å². The summed E-state index contributed by atoms with van der Waals surface area (Å²) in [7, 11) is 2.17. The molecule has 2 nitrogen and oxygen atoms in total. The van der Waals surface area contributed by atoms with E-state index in [0.717, 1.165) is 18.7 Å². The van der Waals surface area contributed by atoms with Crippen LogP contribution in [0.2, 0.25) is 0 Å². The van der Waals surface area contributed by atoms with Gasteiger partial charge < -0.3 is 0 Å². The lowest BCUT2D eigenvalue weighted by Gasteiger charge is -2.24. The standard InChI is InChI=1S/C11H19ClN2S2/c1-4-10(14(2)5-6-15-3)11-13-9(7-12)8-16-11/h8,10H,4-7H2,1-3H3. The summed E-state index contributed by atoms with van der Waals surface area (Å²) in [6, 6.07) is 0.439. The molecule has 0 fully saturated rings. The van der Waals surface area contributed by atoms with Crippen LogP contribution in [-0.2, 0) is 5.88 Å². The number of rotatable bonds is 7. The first-order valence-corrected chi connectivity index (χ1v) is 8.23. The van der Waals surface area contributed by atoms with E-state index in [4.69, 9.17) is 11.6 Å². The quantitative estimate of drug-likeness (QED) is 0.709. The van der Waals surface area contributed by atoms with Gasteiger partial charge in [-0.25, -0.2) is 4.98 Å². The largest absolute Gasteiger partial charge is 0.296 e. The second kappa shape index (κ2) is 7.54. The van der Waals surface area contributed by atoms with Crippen molar-refractivity contribution in [1.29, 1.82) is 0 Å². The van der Waals surface area contributed by atoms with Gasteiger partial charge in [0.25, 0.3) is 0 Å². The van der Waals surface area contributed by atoms with Crippen molar-refractivity contribution in [2.24, 2.45) is 0 Å². The van der Waals surface area contributed by atoms with Crippen LogP contribution in [0.3, 0.4) is 0 Å². The fourth-order valence-electron chi connectivity index (χ4n) is 1.60. The van der Waals surface area contributed by atoms with Gasteiger partial charge in [0, 0.05) is 17.7 Å². The summed E-state index contributed by atoms with van der Waals surface area (Å²) in [5, 5.41) is 3.26. The lowest BCUT2D eigenvalue weighted by molar-refractivity contribution is 0.252. The minimum Gasteiger partial charge on any atom is -0.296 e. The molecule has 0 bridgehead atoms. The molecule has 0 aliphatic carbocycles. The number of nitrogens with zero attached hydrogens (tertiary/aromatic N) is 2. The number of aromatic nitrogens is 1. The maximum Gasteiger partial charge on any atom is 0.110 e. The Bertz CT molecular complexity index is 304. The zero-order valence-electron chi connectivity index (χ0n) is 10.1. The number of thioether (sulfide) groups is 1. The van der Waals surface area contributed by atoms with Crippen LogP contribution >= 0.6 is 34.7 Å². The van der Waals surface area contributed by atoms with Gasteiger partial charge in [-0.2, -0.15) is 11.8 Å². The summed E-state index contributed by atoms with van der Waals surface area (Å²) < 4.78 is 0. The van der Waals surface area contributed by atoms with Crippen LogP contribution in [0, 0.1) is 0 Å². The Labute approximate surface area is 111 Å². The van der Waals surface area contributed by atoms with Crippen LogP contribution in [-0.4, -0.2) is 35.5 Å². The Morgan fingerprint density at radius 1 is 1.62 bits per heavy atom. The van der Waals surface area contributed by atoms with E-state index >= 15 is 0 Å². The normalized spacial score (nSPS) is 13.3. The third kappa shape index (κ3) is 3.91. The van der Waals surface area contributed by atoms with E-state index in [1.54, 1.807) is 11.3 Å². The SMILES string of the molecule is CCC(c1nc(CCl)cs1)N(C)CCSC. The lowest BCUT2D eigenvalue weighted by atomic mass is 10.2. The molecule has 92 valence electrons. The number of hydrogen-bond donors (Lipinski definition) is 0. The van der Waals surface area contributed by atoms with Crippen LogP contribution in [0.15, 0.2) is 5.38 Å². The van der Waals surface area contributed by atoms with E-state index in [1.165, 1.54) is 10.8 Å². The van der Waals surface area contributed by atoms with Crippen molar-refractivity contribution in [3.8, 4) is 0 Å². The van der Waals surface area contributed by atoms with Crippen molar-refractivity contribution in [2.75, 3.05) is 25.6 Å². The van der Waals surface area contributed by atoms with Gasteiger partial charge in [-0.05, 0) is 19.7 Å². The number of hydrogen-bond acceptors (Lipinski definition) is 4. The Hall–Kier alpha value is 0.230. The van der Waals surface area contributed by atoms with Gasteiger partial charge in [0.05, 0.1) is 17.6 Å². The highest BCUT2D eigenvalue weighted by atomic mass is 35.5. The van der Waals surface area contributed by atoms with Gasteiger partial charge in [-0.3, -0.25) is 4.90 Å². The first-order valence-electron chi connectivity index (χ1n) is 5.42. The molecule has 0 aromatic carbocycles. The van der Waals surface area contributed by atoms with Crippen LogP contribution in [0.25, 0.3) is 0 Å². The minimum atomic E-state index is 0.439. The Balaban J connectivity index is 2.65. The van der Waals surface area contributed by atoms with Gasteiger partial charge in [0.2, 0.25) is 0 Å². The summed E-state index contributed by atoms with van der Waals surface area (Å²) >= 11 is 9.39. The van der Waals surface area contributed by atoms with E-state index in [2.05, 4.69) is 35.5 Å². The zero-order chi connectivity index (χ0) is 12.0. The van der Waals surface area contributed by atoms with E-state index in [-0.39, 0.29) is 0 Å². The highest BCUT2D eigenvalue weighted by molar-refractivity contribution is 7.98. The van der Waals surface area contributed by atoms with Gasteiger partial charge in [0.15, 0.2) is 0 Å². The molecule has 0 saturated carbocycles. The van der Waals surface area contributed by atoms with Gasteiger partial charge >= 0.3 is 0 Å². The summed E-state index contributed by atoms with van der Waals surface area (Å²) in [6.45, 7) is 3.32. The number of halogens is 1. The molecule has 0 aliphatic rings. The maximum absolute atomic E-state index is 5.78. The van der Waals surface area contributed by atoms with E-state index in [1.807, 2.05) is 11.8 Å². The van der Waals surface area contributed by atoms with Crippen molar-refractivity contribution in [3.63, 3.8) is 0 Å². The Kier molecular flexibility index (Phi) is 6.73. The fourth-order valence-corrected chi connectivity index (χ4v) is 3.37. The average Bonchev–Trinajstić information content (AvgIpc) is 2.76. The third-order valence-corrected chi connectivity index (χ3v) is 4.42. The topological polar surface area (TPSA) is 16.1 Å². The molecule has 1 unspecified atom stereocenters. The maximum atomic E-state index is 5.78. The van der Waals surface area contributed by atoms with Crippen molar-refractivity contribution >= 4 is 34.7 Å². The van der Waals surface area contributed by atoms with Gasteiger partial charge in [0.1, 0.15) is 5.01 Å². The summed E-state index contributed by atoms with van der Waals surface area (Å²) in [5.41, 5.74) is 0.999. The molecular weight excluding hydrogens is 260 g/mol. The molecule has 1 heterocycles. The highest BCUT2D eigenvalue weighted by Gasteiger charge is 2.17. The van der Waals surface area contributed by atoms with E-state index < -0.39 is 0 Å². The molecule has 5 heteroatoms. The van der Waals surface area contributed by atoms with Crippen molar-refractivity contribution in [2.45, 2.75) is 25.3 Å². The smallest absolute Gasteiger partial charge is 0.110 e. The summed E-state index contributed by atoms with van der Waals surface area (Å²) in [6.07, 6.45) is 3.24. The first-order chi connectivity index (χ1) is 7.72. The molecule has 0 amide bonds. The fraction of sp³-hybridized carbons (Fsp3) is 0.727. The van der Waals surface area contributed by atoms with Gasteiger partial charge in [-0.15, -0.1) is 22.9 Å². The summed E-state index contributed by atoms with van der Waals surface area (Å²) in [5.74, 6) is 1.68. The second-order valence-corrected chi connectivity index (χ2v) is 5.85. The lowest BCUT2D eigenvalue weighted by Crippen LogP contribution is -2.26. The molecule has 0 spiro atoms. The Morgan fingerprint density at radius 2 is 2.38 bits per heavy atom. The van der Waals surface area contributed by atoms with Crippen LogP contribution in [0.4, 0.5) is 0 Å². The van der Waals surface area contributed by atoms with E-state index in [9.17, 15) is 0 Å². The molecule has 0 aliphatic heterocycles.